The summed E-state index contributed by atoms with van der Waals surface area (Å²) in [6, 6.07) is 15.4. The van der Waals surface area contributed by atoms with E-state index >= 15 is 0 Å². The molecule has 0 radical (unpaired) electrons. The number of nitrogens with zero attached hydrogens (tertiary/aromatic N) is 1. The minimum absolute atomic E-state index is 0.128. The molecule has 0 spiro atoms. The molecule has 0 bridgehead atoms. The van der Waals surface area contributed by atoms with Crippen molar-refractivity contribution in [1.29, 1.82) is 0 Å². The summed E-state index contributed by atoms with van der Waals surface area (Å²) in [5.41, 5.74) is 0.861. The average Bonchev–Trinajstić information content (AvgIpc) is 3.21. The van der Waals surface area contributed by atoms with Gasteiger partial charge in [0.05, 0.1) is 18.0 Å². The fourth-order valence-electron chi connectivity index (χ4n) is 2.80. The fraction of sp³-hybridized carbons (Fsp3) is 0.263. The van der Waals surface area contributed by atoms with Crippen LogP contribution in [-0.4, -0.2) is 50.5 Å². The van der Waals surface area contributed by atoms with Crippen LogP contribution < -0.4 is 10.6 Å². The standard InChI is InChI=1S/C19H20BrN3O5S/c20-15-6-8-16(9-7-15)29(26,27)23-10-11-28-17(23)13-22-19(25)18(24)21-12-14-4-2-1-3-5-14/h1-9,17H,10-13H2,(H,21,24)(H,22,25)/t17-/m1/s1. The average molecular weight is 482 g/mol. The smallest absolute Gasteiger partial charge is 0.309 e. The van der Waals surface area contributed by atoms with Crippen LogP contribution in [-0.2, 0) is 30.9 Å². The van der Waals surface area contributed by atoms with E-state index in [1.165, 1.54) is 16.4 Å². The number of ether oxygens (including phenoxy) is 1. The lowest BCUT2D eigenvalue weighted by Crippen LogP contribution is -2.47. The van der Waals surface area contributed by atoms with Gasteiger partial charge in [-0.3, -0.25) is 9.59 Å². The van der Waals surface area contributed by atoms with E-state index in [2.05, 4.69) is 26.6 Å². The Balaban J connectivity index is 1.55. The lowest BCUT2D eigenvalue weighted by molar-refractivity contribution is -0.139. The van der Waals surface area contributed by atoms with Gasteiger partial charge in [0, 0.05) is 17.6 Å². The van der Waals surface area contributed by atoms with E-state index in [1.807, 2.05) is 30.3 Å². The second kappa shape index (κ2) is 9.49. The van der Waals surface area contributed by atoms with Crippen molar-refractivity contribution in [1.82, 2.24) is 14.9 Å². The Morgan fingerprint density at radius 3 is 2.38 bits per heavy atom. The summed E-state index contributed by atoms with van der Waals surface area (Å²) in [6.45, 7) is 0.458. The van der Waals surface area contributed by atoms with Crippen LogP contribution in [0.3, 0.4) is 0 Å². The number of halogens is 1. The van der Waals surface area contributed by atoms with Crippen molar-refractivity contribution in [3.8, 4) is 0 Å². The molecule has 3 rings (SSSR count). The quantitative estimate of drug-likeness (QED) is 0.603. The van der Waals surface area contributed by atoms with Gasteiger partial charge >= 0.3 is 11.8 Å². The molecular weight excluding hydrogens is 462 g/mol. The molecule has 1 heterocycles. The molecule has 2 aromatic rings. The minimum Gasteiger partial charge on any atom is -0.359 e. The van der Waals surface area contributed by atoms with Gasteiger partial charge in [0.15, 0.2) is 0 Å². The highest BCUT2D eigenvalue weighted by Crippen LogP contribution is 2.23. The third-order valence-electron chi connectivity index (χ3n) is 4.30. The van der Waals surface area contributed by atoms with Crippen LogP contribution in [0.4, 0.5) is 0 Å². The third kappa shape index (κ3) is 5.41. The van der Waals surface area contributed by atoms with E-state index < -0.39 is 28.1 Å². The molecule has 0 unspecified atom stereocenters. The second-order valence-corrected chi connectivity index (χ2v) is 9.08. The molecule has 1 fully saturated rings. The second-order valence-electron chi connectivity index (χ2n) is 6.27. The van der Waals surface area contributed by atoms with Gasteiger partial charge < -0.3 is 15.4 Å². The molecule has 154 valence electrons. The number of hydrogen-bond acceptors (Lipinski definition) is 5. The van der Waals surface area contributed by atoms with Gasteiger partial charge in [0.2, 0.25) is 10.0 Å². The number of nitrogens with one attached hydrogen (secondary N) is 2. The van der Waals surface area contributed by atoms with E-state index in [0.29, 0.717) is 0 Å². The molecule has 0 aromatic heterocycles. The first-order valence-electron chi connectivity index (χ1n) is 8.87. The largest absolute Gasteiger partial charge is 0.359 e. The first-order chi connectivity index (χ1) is 13.9. The Bertz CT molecular complexity index is 967. The van der Waals surface area contributed by atoms with Crippen molar-refractivity contribution in [2.75, 3.05) is 19.7 Å². The number of rotatable bonds is 6. The van der Waals surface area contributed by atoms with Gasteiger partial charge in [-0.25, -0.2) is 8.42 Å². The number of hydrogen-bond donors (Lipinski definition) is 2. The van der Waals surface area contributed by atoms with Crippen molar-refractivity contribution in [3.05, 3.63) is 64.6 Å². The van der Waals surface area contributed by atoms with E-state index in [-0.39, 0.29) is 31.1 Å². The van der Waals surface area contributed by atoms with Crippen molar-refractivity contribution in [2.24, 2.45) is 0 Å². The number of benzene rings is 2. The normalized spacial score (nSPS) is 17.1. The van der Waals surface area contributed by atoms with Crippen molar-refractivity contribution in [3.63, 3.8) is 0 Å². The highest BCUT2D eigenvalue weighted by molar-refractivity contribution is 9.10. The lowest BCUT2D eigenvalue weighted by atomic mass is 10.2. The van der Waals surface area contributed by atoms with Crippen molar-refractivity contribution >= 4 is 37.8 Å². The third-order valence-corrected chi connectivity index (χ3v) is 6.73. The molecule has 1 saturated heterocycles. The van der Waals surface area contributed by atoms with E-state index in [4.69, 9.17) is 4.74 Å². The molecule has 29 heavy (non-hydrogen) atoms. The van der Waals surface area contributed by atoms with Crippen LogP contribution in [0.5, 0.6) is 0 Å². The SMILES string of the molecule is O=C(NCc1ccccc1)C(=O)NC[C@H]1OCCN1S(=O)(=O)c1ccc(Br)cc1. The number of carbonyl (C=O) groups excluding carboxylic acids is 2. The monoisotopic (exact) mass is 481 g/mol. The molecule has 2 N–H and O–H groups in total. The molecule has 2 aromatic carbocycles. The lowest BCUT2D eigenvalue weighted by Gasteiger charge is -2.22. The van der Waals surface area contributed by atoms with Crippen LogP contribution in [0.25, 0.3) is 0 Å². The molecule has 8 nitrogen and oxygen atoms in total. The van der Waals surface area contributed by atoms with Gasteiger partial charge in [0.1, 0.15) is 6.23 Å². The predicted octanol–water partition coefficient (Wildman–Crippen LogP) is 1.23. The number of amides is 2. The van der Waals surface area contributed by atoms with Crippen LogP contribution in [0, 0.1) is 0 Å². The zero-order valence-electron chi connectivity index (χ0n) is 15.4. The van der Waals surface area contributed by atoms with Crippen molar-refractivity contribution in [2.45, 2.75) is 17.7 Å². The predicted molar refractivity (Wildman–Crippen MR) is 109 cm³/mol. The number of carbonyl (C=O) groups is 2. The molecule has 0 aliphatic carbocycles. The maximum Gasteiger partial charge on any atom is 0.309 e. The molecule has 1 atom stereocenters. The van der Waals surface area contributed by atoms with Crippen LogP contribution in [0.15, 0.2) is 64.0 Å². The summed E-state index contributed by atoms with van der Waals surface area (Å²) in [5.74, 6) is -1.65. The highest BCUT2D eigenvalue weighted by atomic mass is 79.9. The van der Waals surface area contributed by atoms with Crippen molar-refractivity contribution < 1.29 is 22.7 Å². The molecule has 1 aliphatic rings. The summed E-state index contributed by atoms with van der Waals surface area (Å²) in [6.07, 6.45) is -0.880. The Hall–Kier alpha value is -2.27. The maximum absolute atomic E-state index is 12.8. The highest BCUT2D eigenvalue weighted by Gasteiger charge is 2.36. The topological polar surface area (TPSA) is 105 Å². The Kier molecular flexibility index (Phi) is 7.01. The minimum atomic E-state index is -3.78. The Labute approximate surface area is 177 Å². The van der Waals surface area contributed by atoms with Gasteiger partial charge in [-0.15, -0.1) is 0 Å². The van der Waals surface area contributed by atoms with Gasteiger partial charge in [-0.1, -0.05) is 46.3 Å². The van der Waals surface area contributed by atoms with E-state index in [9.17, 15) is 18.0 Å². The first-order valence-corrected chi connectivity index (χ1v) is 11.1. The first kappa shape index (κ1) is 21.4. The molecule has 1 aliphatic heterocycles. The Morgan fingerprint density at radius 1 is 1.03 bits per heavy atom. The van der Waals surface area contributed by atoms with Crippen LogP contribution in [0.2, 0.25) is 0 Å². The molecule has 0 saturated carbocycles. The zero-order chi connectivity index (χ0) is 20.9. The van der Waals surface area contributed by atoms with Gasteiger partial charge in [-0.05, 0) is 29.8 Å². The van der Waals surface area contributed by atoms with E-state index in [0.717, 1.165) is 10.0 Å². The summed E-state index contributed by atoms with van der Waals surface area (Å²) in [4.78, 5) is 24.1. The Morgan fingerprint density at radius 2 is 1.69 bits per heavy atom. The molecular formula is C19H20BrN3O5S. The maximum atomic E-state index is 12.8. The van der Waals surface area contributed by atoms with Gasteiger partial charge in [-0.2, -0.15) is 4.31 Å². The van der Waals surface area contributed by atoms with Gasteiger partial charge in [0.25, 0.3) is 0 Å². The van der Waals surface area contributed by atoms with Crippen LogP contribution in [0.1, 0.15) is 5.56 Å². The molecule has 2 amide bonds. The summed E-state index contributed by atoms with van der Waals surface area (Å²) < 4.78 is 33.1. The zero-order valence-corrected chi connectivity index (χ0v) is 17.8. The summed E-state index contributed by atoms with van der Waals surface area (Å²) in [5, 5.41) is 4.95. The fourth-order valence-corrected chi connectivity index (χ4v) is 4.58. The van der Waals surface area contributed by atoms with Crippen LogP contribution >= 0.6 is 15.9 Å². The van der Waals surface area contributed by atoms with E-state index in [1.54, 1.807) is 12.1 Å². The number of sulfonamides is 1. The summed E-state index contributed by atoms with van der Waals surface area (Å²) in [7, 11) is -3.78. The molecule has 10 heteroatoms. The summed E-state index contributed by atoms with van der Waals surface area (Å²) >= 11 is 3.27.